The molecule has 10 heteroatoms. The third kappa shape index (κ3) is 5.53. The van der Waals surface area contributed by atoms with Crippen molar-refractivity contribution in [2.24, 2.45) is 0 Å². The largest absolute Gasteiger partial charge is 0.465 e. The van der Waals surface area contributed by atoms with E-state index in [1.165, 1.54) is 23.2 Å². The highest BCUT2D eigenvalue weighted by atomic mass is 32.2. The standard InChI is InChI=1S/C28H27N3O5S2/c1-35-28(32)22-9-5-6-10-25(22)30-27-23-17-21(37-19-20-7-3-2-4-8-20)11-12-24(23)29-18-26(27)38(33,34)31-13-15-36-16-14-31/h2-12,17-18H,13-16,19H2,1H3,(H,29,30). The second-order valence-electron chi connectivity index (χ2n) is 8.63. The molecule has 0 aliphatic carbocycles. The van der Waals surface area contributed by atoms with E-state index in [4.69, 9.17) is 9.47 Å². The predicted molar refractivity (Wildman–Crippen MR) is 148 cm³/mol. The first-order valence-corrected chi connectivity index (χ1v) is 14.5. The van der Waals surface area contributed by atoms with Crippen LogP contribution < -0.4 is 5.32 Å². The highest BCUT2D eigenvalue weighted by Gasteiger charge is 2.30. The number of esters is 1. The van der Waals surface area contributed by atoms with Gasteiger partial charge in [-0.05, 0) is 35.9 Å². The van der Waals surface area contributed by atoms with Crippen molar-refractivity contribution in [1.29, 1.82) is 0 Å². The fourth-order valence-electron chi connectivity index (χ4n) is 4.25. The summed E-state index contributed by atoms with van der Waals surface area (Å²) in [5.74, 6) is 0.239. The predicted octanol–water partition coefficient (Wildman–Crippen LogP) is 5.08. The van der Waals surface area contributed by atoms with Crippen molar-refractivity contribution in [2.75, 3.05) is 38.7 Å². The number of anilines is 2. The third-order valence-corrected chi connectivity index (χ3v) is 9.21. The second-order valence-corrected chi connectivity index (χ2v) is 11.6. The Labute approximate surface area is 226 Å². The molecule has 0 unspecified atom stereocenters. The zero-order valence-corrected chi connectivity index (χ0v) is 22.4. The Kier molecular flexibility index (Phi) is 7.94. The van der Waals surface area contributed by atoms with Gasteiger partial charge in [0.1, 0.15) is 4.90 Å². The summed E-state index contributed by atoms with van der Waals surface area (Å²) in [5.41, 5.74) is 2.91. The van der Waals surface area contributed by atoms with E-state index in [0.717, 1.165) is 10.6 Å². The summed E-state index contributed by atoms with van der Waals surface area (Å²) in [5, 5.41) is 3.89. The van der Waals surface area contributed by atoms with Crippen molar-refractivity contribution in [3.8, 4) is 0 Å². The van der Waals surface area contributed by atoms with Gasteiger partial charge in [0.05, 0.1) is 42.8 Å². The Bertz CT molecular complexity index is 1560. The monoisotopic (exact) mass is 549 g/mol. The molecule has 1 N–H and O–H groups in total. The summed E-state index contributed by atoms with van der Waals surface area (Å²) in [4.78, 5) is 18.0. The number of nitrogens with one attached hydrogen (secondary N) is 1. The Hall–Kier alpha value is -3.44. The van der Waals surface area contributed by atoms with Gasteiger partial charge in [-0.1, -0.05) is 42.5 Å². The number of sulfonamides is 1. The summed E-state index contributed by atoms with van der Waals surface area (Å²) in [7, 11) is -2.59. The van der Waals surface area contributed by atoms with E-state index in [-0.39, 0.29) is 18.0 Å². The highest BCUT2D eigenvalue weighted by Crippen LogP contribution is 2.37. The normalized spacial score (nSPS) is 14.3. The van der Waals surface area contributed by atoms with E-state index in [0.29, 0.717) is 41.1 Å². The molecule has 1 fully saturated rings. The quantitative estimate of drug-likeness (QED) is 0.240. The molecular weight excluding hydrogens is 522 g/mol. The number of aromatic nitrogens is 1. The number of benzene rings is 3. The molecule has 0 atom stereocenters. The van der Waals surface area contributed by atoms with Crippen molar-refractivity contribution >= 4 is 50.0 Å². The molecule has 0 amide bonds. The van der Waals surface area contributed by atoms with Gasteiger partial charge >= 0.3 is 5.97 Å². The molecule has 1 aromatic heterocycles. The number of thioether (sulfide) groups is 1. The first-order chi connectivity index (χ1) is 18.5. The minimum atomic E-state index is -3.91. The van der Waals surface area contributed by atoms with Gasteiger partial charge in [-0.3, -0.25) is 4.98 Å². The average Bonchev–Trinajstić information content (AvgIpc) is 2.97. The average molecular weight is 550 g/mol. The van der Waals surface area contributed by atoms with E-state index < -0.39 is 16.0 Å². The SMILES string of the molecule is COC(=O)c1ccccc1Nc1c(S(=O)(=O)N2CCOCC2)cnc2ccc(SCc3ccccc3)cc12. The third-order valence-electron chi connectivity index (χ3n) is 6.23. The number of ether oxygens (including phenoxy) is 2. The van der Waals surface area contributed by atoms with Gasteiger partial charge in [-0.2, -0.15) is 4.31 Å². The minimum Gasteiger partial charge on any atom is -0.465 e. The van der Waals surface area contributed by atoms with Crippen molar-refractivity contribution in [3.05, 3.63) is 90.1 Å². The summed E-state index contributed by atoms with van der Waals surface area (Å²) < 4.78 is 39.3. The van der Waals surface area contributed by atoms with Crippen LogP contribution in [0.4, 0.5) is 11.4 Å². The Balaban J connectivity index is 1.62. The molecule has 196 valence electrons. The van der Waals surface area contributed by atoms with Crippen LogP contribution in [-0.4, -0.2) is 57.1 Å². The molecule has 0 saturated carbocycles. The number of carbonyl (C=O) groups excluding carboxylic acids is 1. The van der Waals surface area contributed by atoms with Crippen LogP contribution in [0.2, 0.25) is 0 Å². The zero-order valence-electron chi connectivity index (χ0n) is 20.8. The number of nitrogens with zero attached hydrogens (tertiary/aromatic N) is 2. The molecule has 0 radical (unpaired) electrons. The number of pyridine rings is 1. The molecule has 8 nitrogen and oxygen atoms in total. The molecule has 0 bridgehead atoms. The Morgan fingerprint density at radius 3 is 2.55 bits per heavy atom. The van der Waals surface area contributed by atoms with Crippen LogP contribution in [0.15, 0.2) is 88.8 Å². The summed E-state index contributed by atoms with van der Waals surface area (Å²) in [6, 6.07) is 22.8. The Morgan fingerprint density at radius 2 is 1.79 bits per heavy atom. The van der Waals surface area contributed by atoms with Gasteiger partial charge in [-0.15, -0.1) is 11.8 Å². The summed E-state index contributed by atoms with van der Waals surface area (Å²) in [6.45, 7) is 1.17. The van der Waals surface area contributed by atoms with Crippen LogP contribution in [-0.2, 0) is 25.2 Å². The number of methoxy groups -OCH3 is 1. The molecule has 5 rings (SSSR count). The lowest BCUT2D eigenvalue weighted by molar-refractivity contribution is 0.0602. The molecule has 38 heavy (non-hydrogen) atoms. The van der Waals surface area contributed by atoms with Crippen LogP contribution in [0.1, 0.15) is 15.9 Å². The van der Waals surface area contributed by atoms with Crippen molar-refractivity contribution in [1.82, 2.24) is 9.29 Å². The van der Waals surface area contributed by atoms with Crippen molar-refractivity contribution < 1.29 is 22.7 Å². The molecule has 1 aliphatic rings. The van der Waals surface area contributed by atoms with Crippen molar-refractivity contribution in [2.45, 2.75) is 15.5 Å². The second kappa shape index (κ2) is 11.5. The van der Waals surface area contributed by atoms with E-state index in [1.807, 2.05) is 36.4 Å². The van der Waals surface area contributed by atoms with Crippen LogP contribution in [0.25, 0.3) is 10.9 Å². The molecule has 0 spiro atoms. The number of morpholine rings is 1. The van der Waals surface area contributed by atoms with Gasteiger partial charge in [0, 0.05) is 35.3 Å². The van der Waals surface area contributed by atoms with Gasteiger partial charge in [-0.25, -0.2) is 13.2 Å². The fourth-order valence-corrected chi connectivity index (χ4v) is 6.65. The fraction of sp³-hybridized carbons (Fsp3) is 0.214. The van der Waals surface area contributed by atoms with Crippen molar-refractivity contribution in [3.63, 3.8) is 0 Å². The lowest BCUT2D eigenvalue weighted by Crippen LogP contribution is -2.40. The Morgan fingerprint density at radius 1 is 1.05 bits per heavy atom. The molecule has 2 heterocycles. The number of para-hydroxylation sites is 1. The smallest absolute Gasteiger partial charge is 0.339 e. The number of rotatable bonds is 8. The van der Waals surface area contributed by atoms with E-state index in [2.05, 4.69) is 22.4 Å². The van der Waals surface area contributed by atoms with Gasteiger partial charge < -0.3 is 14.8 Å². The first-order valence-electron chi connectivity index (χ1n) is 12.1. The first kappa shape index (κ1) is 26.2. The van der Waals surface area contributed by atoms with Crippen LogP contribution >= 0.6 is 11.8 Å². The van der Waals surface area contributed by atoms with Crippen LogP contribution in [0.3, 0.4) is 0 Å². The van der Waals surface area contributed by atoms with E-state index >= 15 is 0 Å². The highest BCUT2D eigenvalue weighted by molar-refractivity contribution is 7.98. The summed E-state index contributed by atoms with van der Waals surface area (Å²) in [6.07, 6.45) is 1.38. The van der Waals surface area contributed by atoms with E-state index in [1.54, 1.807) is 36.0 Å². The maximum absolute atomic E-state index is 13.8. The number of hydrogen-bond donors (Lipinski definition) is 1. The van der Waals surface area contributed by atoms with E-state index in [9.17, 15) is 13.2 Å². The molecular formula is C28H27N3O5S2. The maximum atomic E-state index is 13.8. The lowest BCUT2D eigenvalue weighted by Gasteiger charge is -2.27. The molecule has 4 aromatic rings. The number of hydrogen-bond acceptors (Lipinski definition) is 8. The van der Waals surface area contributed by atoms with Gasteiger partial charge in [0.25, 0.3) is 0 Å². The molecule has 3 aromatic carbocycles. The maximum Gasteiger partial charge on any atom is 0.339 e. The van der Waals surface area contributed by atoms with Crippen LogP contribution in [0, 0.1) is 0 Å². The zero-order chi connectivity index (χ0) is 26.5. The van der Waals surface area contributed by atoms with Gasteiger partial charge in [0.15, 0.2) is 0 Å². The lowest BCUT2D eigenvalue weighted by atomic mass is 10.1. The minimum absolute atomic E-state index is 0.0387. The summed E-state index contributed by atoms with van der Waals surface area (Å²) >= 11 is 1.65. The van der Waals surface area contributed by atoms with Crippen LogP contribution in [0.5, 0.6) is 0 Å². The topological polar surface area (TPSA) is 97.8 Å². The molecule has 1 aliphatic heterocycles. The number of carbonyl (C=O) groups is 1. The molecule has 1 saturated heterocycles. The van der Waals surface area contributed by atoms with Gasteiger partial charge in [0.2, 0.25) is 10.0 Å². The number of fused-ring (bicyclic) bond motifs is 1.